The molecule has 0 saturated heterocycles. The summed E-state index contributed by atoms with van der Waals surface area (Å²) >= 11 is 3.44. The third kappa shape index (κ3) is 2.70. The molecule has 4 rings (SSSR count). The molecule has 0 bridgehead atoms. The first-order valence-electron chi connectivity index (χ1n) is 7.47. The number of hydrogen-bond acceptors (Lipinski definition) is 4. The number of amides is 1. The summed E-state index contributed by atoms with van der Waals surface area (Å²) in [6.07, 6.45) is 3.56. The summed E-state index contributed by atoms with van der Waals surface area (Å²) in [5.74, 6) is -0.598. The van der Waals surface area contributed by atoms with Gasteiger partial charge in [-0.2, -0.15) is 10.2 Å². The molecule has 3 aromatic heterocycles. The second-order valence-corrected chi connectivity index (χ2v) is 6.49. The highest BCUT2D eigenvalue weighted by Gasteiger charge is 2.18. The number of primary amides is 1. The van der Waals surface area contributed by atoms with Gasteiger partial charge in [0.25, 0.3) is 5.91 Å². The molecule has 124 valence electrons. The molecule has 0 radical (unpaired) electrons. The molecule has 1 aromatic carbocycles. The van der Waals surface area contributed by atoms with Crippen LogP contribution in [0, 0.1) is 0 Å². The van der Waals surface area contributed by atoms with Crippen LogP contribution < -0.4 is 5.73 Å². The molecule has 0 aliphatic heterocycles. The van der Waals surface area contributed by atoms with E-state index >= 15 is 0 Å². The minimum atomic E-state index is -0.598. The lowest BCUT2D eigenvalue weighted by molar-refractivity contribution is 0.0996. The van der Waals surface area contributed by atoms with E-state index in [1.807, 2.05) is 49.6 Å². The van der Waals surface area contributed by atoms with Gasteiger partial charge in [0.05, 0.1) is 16.8 Å². The smallest absolute Gasteiger partial charge is 0.269 e. The third-order valence-electron chi connectivity index (χ3n) is 3.82. The van der Waals surface area contributed by atoms with Crippen LogP contribution in [0.25, 0.3) is 28.0 Å². The summed E-state index contributed by atoms with van der Waals surface area (Å²) in [6.45, 7) is 0. The van der Waals surface area contributed by atoms with Gasteiger partial charge >= 0.3 is 0 Å². The zero-order chi connectivity index (χ0) is 17.6. The average Bonchev–Trinajstić information content (AvgIpc) is 3.18. The van der Waals surface area contributed by atoms with Gasteiger partial charge in [0, 0.05) is 29.5 Å². The highest BCUT2D eigenvalue weighted by atomic mass is 79.9. The van der Waals surface area contributed by atoms with E-state index in [-0.39, 0.29) is 5.69 Å². The molecule has 1 amide bonds. The monoisotopic (exact) mass is 396 g/mol. The van der Waals surface area contributed by atoms with E-state index in [9.17, 15) is 4.79 Å². The minimum absolute atomic E-state index is 0.181. The molecule has 8 heteroatoms. The van der Waals surface area contributed by atoms with Crippen molar-refractivity contribution < 1.29 is 4.79 Å². The van der Waals surface area contributed by atoms with Gasteiger partial charge in [-0.1, -0.05) is 22.0 Å². The lowest BCUT2D eigenvalue weighted by Gasteiger charge is -2.03. The number of carbonyl (C=O) groups is 1. The fraction of sp³-hybridized carbons (Fsp3) is 0.0588. The molecule has 25 heavy (non-hydrogen) atoms. The van der Waals surface area contributed by atoms with E-state index in [2.05, 4.69) is 31.1 Å². The number of benzene rings is 1. The fourth-order valence-corrected chi connectivity index (χ4v) is 3.07. The van der Waals surface area contributed by atoms with Gasteiger partial charge < -0.3 is 5.73 Å². The normalized spacial score (nSPS) is 11.1. The lowest BCUT2D eigenvalue weighted by Crippen LogP contribution is -2.12. The molecule has 3 heterocycles. The number of aromatic nitrogens is 5. The Morgan fingerprint density at radius 1 is 1.20 bits per heavy atom. The van der Waals surface area contributed by atoms with Crippen molar-refractivity contribution in [3.63, 3.8) is 0 Å². The van der Waals surface area contributed by atoms with Gasteiger partial charge in [-0.15, -0.1) is 0 Å². The first kappa shape index (κ1) is 15.5. The SMILES string of the molecule is Cn1ccc(-c2cnc3c(c2)c(C(N)=O)nn3-c2cccc(Br)c2)n1. The number of rotatable bonds is 3. The largest absolute Gasteiger partial charge is 0.364 e. The molecule has 0 aliphatic rings. The predicted molar refractivity (Wildman–Crippen MR) is 97.3 cm³/mol. The van der Waals surface area contributed by atoms with Crippen molar-refractivity contribution >= 4 is 32.9 Å². The number of nitrogens with two attached hydrogens (primary N) is 1. The van der Waals surface area contributed by atoms with Crippen LogP contribution in [0.3, 0.4) is 0 Å². The Morgan fingerprint density at radius 2 is 2.04 bits per heavy atom. The lowest BCUT2D eigenvalue weighted by atomic mass is 10.1. The number of pyridine rings is 1. The molecule has 0 aliphatic carbocycles. The van der Waals surface area contributed by atoms with Crippen molar-refractivity contribution in [2.45, 2.75) is 0 Å². The molecule has 0 unspecified atom stereocenters. The van der Waals surface area contributed by atoms with Crippen molar-refractivity contribution in [2.75, 3.05) is 0 Å². The Morgan fingerprint density at radius 3 is 2.72 bits per heavy atom. The van der Waals surface area contributed by atoms with Gasteiger partial charge in [-0.05, 0) is 30.3 Å². The standard InChI is InChI=1S/C17H13BrN6O/c1-23-6-5-14(21-23)10-7-13-15(16(19)25)22-24(17(13)20-9-10)12-4-2-3-11(18)8-12/h2-9H,1H3,(H2,19,25). The Bertz CT molecular complexity index is 1110. The minimum Gasteiger partial charge on any atom is -0.364 e. The maximum Gasteiger partial charge on any atom is 0.269 e. The highest BCUT2D eigenvalue weighted by Crippen LogP contribution is 2.26. The molecular weight excluding hydrogens is 384 g/mol. The Hall–Kier alpha value is -3.00. The Balaban J connectivity index is 1.96. The third-order valence-corrected chi connectivity index (χ3v) is 4.31. The summed E-state index contributed by atoms with van der Waals surface area (Å²) in [5, 5.41) is 9.33. The predicted octanol–water partition coefficient (Wildman–Crippen LogP) is 2.68. The summed E-state index contributed by atoms with van der Waals surface area (Å²) in [5.41, 5.74) is 8.61. The number of halogens is 1. The van der Waals surface area contributed by atoms with Crippen molar-refractivity contribution in [3.05, 3.63) is 59.0 Å². The zero-order valence-electron chi connectivity index (χ0n) is 13.2. The molecule has 2 N–H and O–H groups in total. The van der Waals surface area contributed by atoms with E-state index in [4.69, 9.17) is 5.73 Å². The number of fused-ring (bicyclic) bond motifs is 1. The van der Waals surface area contributed by atoms with E-state index in [1.54, 1.807) is 15.6 Å². The quantitative estimate of drug-likeness (QED) is 0.576. The van der Waals surface area contributed by atoms with Crippen LogP contribution in [0.15, 0.2) is 53.3 Å². The van der Waals surface area contributed by atoms with Crippen molar-refractivity contribution in [1.82, 2.24) is 24.5 Å². The molecule has 4 aromatic rings. The van der Waals surface area contributed by atoms with E-state index in [0.29, 0.717) is 11.0 Å². The van der Waals surface area contributed by atoms with Crippen LogP contribution >= 0.6 is 15.9 Å². The average molecular weight is 397 g/mol. The van der Waals surface area contributed by atoms with Crippen molar-refractivity contribution in [1.29, 1.82) is 0 Å². The van der Waals surface area contributed by atoms with Crippen LogP contribution in [0.5, 0.6) is 0 Å². The van der Waals surface area contributed by atoms with Crippen molar-refractivity contribution in [3.8, 4) is 16.9 Å². The summed E-state index contributed by atoms with van der Waals surface area (Å²) in [7, 11) is 1.84. The summed E-state index contributed by atoms with van der Waals surface area (Å²) in [6, 6.07) is 11.3. The fourth-order valence-electron chi connectivity index (χ4n) is 2.68. The zero-order valence-corrected chi connectivity index (χ0v) is 14.8. The van der Waals surface area contributed by atoms with E-state index in [0.717, 1.165) is 21.4 Å². The highest BCUT2D eigenvalue weighted by molar-refractivity contribution is 9.10. The van der Waals surface area contributed by atoms with Crippen LogP contribution in [0.4, 0.5) is 0 Å². The second kappa shape index (κ2) is 5.82. The number of nitrogens with zero attached hydrogens (tertiary/aromatic N) is 5. The van der Waals surface area contributed by atoms with Crippen LogP contribution in [0.2, 0.25) is 0 Å². The van der Waals surface area contributed by atoms with Gasteiger partial charge in [0.2, 0.25) is 0 Å². The van der Waals surface area contributed by atoms with Gasteiger partial charge in [-0.3, -0.25) is 9.48 Å². The van der Waals surface area contributed by atoms with Crippen LogP contribution in [-0.2, 0) is 7.05 Å². The number of aryl methyl sites for hydroxylation is 1. The van der Waals surface area contributed by atoms with E-state index < -0.39 is 5.91 Å². The van der Waals surface area contributed by atoms with Gasteiger partial charge in [0.1, 0.15) is 0 Å². The molecule has 0 fully saturated rings. The number of carbonyl (C=O) groups excluding carboxylic acids is 1. The molecule has 0 saturated carbocycles. The molecular formula is C17H13BrN6O. The Labute approximate surface area is 151 Å². The molecule has 0 spiro atoms. The van der Waals surface area contributed by atoms with Gasteiger partial charge in [0.15, 0.2) is 11.3 Å². The maximum atomic E-state index is 11.9. The maximum absolute atomic E-state index is 11.9. The molecule has 7 nitrogen and oxygen atoms in total. The first-order valence-corrected chi connectivity index (χ1v) is 8.27. The topological polar surface area (TPSA) is 91.6 Å². The molecule has 0 atom stereocenters. The van der Waals surface area contributed by atoms with E-state index in [1.165, 1.54) is 0 Å². The Kier molecular flexibility index (Phi) is 3.61. The van der Waals surface area contributed by atoms with Crippen molar-refractivity contribution in [2.24, 2.45) is 12.8 Å². The second-order valence-electron chi connectivity index (χ2n) is 5.57. The summed E-state index contributed by atoms with van der Waals surface area (Å²) in [4.78, 5) is 16.4. The van der Waals surface area contributed by atoms with Gasteiger partial charge in [-0.25, -0.2) is 9.67 Å². The van der Waals surface area contributed by atoms with Crippen LogP contribution in [-0.4, -0.2) is 30.5 Å². The van der Waals surface area contributed by atoms with Crippen LogP contribution in [0.1, 0.15) is 10.5 Å². The summed E-state index contributed by atoms with van der Waals surface area (Å²) < 4.78 is 4.22. The first-order chi connectivity index (χ1) is 12.0. The number of hydrogen-bond donors (Lipinski definition) is 1.